The predicted molar refractivity (Wildman–Crippen MR) is 57.7 cm³/mol. The van der Waals surface area contributed by atoms with Crippen molar-refractivity contribution < 1.29 is 12.8 Å². The zero-order valence-corrected chi connectivity index (χ0v) is 9.89. The van der Waals surface area contributed by atoms with Crippen LogP contribution in [-0.4, -0.2) is 14.7 Å². The SMILES string of the molecule is CS(=O)(=O)Cc1ccc(I)c(F)c1. The van der Waals surface area contributed by atoms with Crippen molar-refractivity contribution in [2.75, 3.05) is 6.26 Å². The van der Waals surface area contributed by atoms with E-state index in [4.69, 9.17) is 0 Å². The zero-order chi connectivity index (χ0) is 10.1. The van der Waals surface area contributed by atoms with E-state index in [1.807, 2.05) is 22.6 Å². The average molecular weight is 314 g/mol. The molecule has 0 spiro atoms. The lowest BCUT2D eigenvalue weighted by Gasteiger charge is -2.00. The summed E-state index contributed by atoms with van der Waals surface area (Å²) in [4.78, 5) is 0. The second-order valence-corrected chi connectivity index (χ2v) is 6.12. The molecule has 0 unspecified atom stereocenters. The van der Waals surface area contributed by atoms with Crippen LogP contribution < -0.4 is 0 Å². The largest absolute Gasteiger partial charge is 0.229 e. The van der Waals surface area contributed by atoms with Gasteiger partial charge in [-0.2, -0.15) is 0 Å². The van der Waals surface area contributed by atoms with Crippen molar-refractivity contribution >= 4 is 32.4 Å². The van der Waals surface area contributed by atoms with E-state index in [1.165, 1.54) is 6.07 Å². The van der Waals surface area contributed by atoms with E-state index >= 15 is 0 Å². The molecule has 0 saturated heterocycles. The molecule has 0 aliphatic heterocycles. The van der Waals surface area contributed by atoms with Gasteiger partial charge in [0.2, 0.25) is 0 Å². The van der Waals surface area contributed by atoms with E-state index in [-0.39, 0.29) is 11.6 Å². The predicted octanol–water partition coefficient (Wildman–Crippen LogP) is 1.97. The fraction of sp³-hybridized carbons (Fsp3) is 0.250. The summed E-state index contributed by atoms with van der Waals surface area (Å²) in [6, 6.07) is 4.44. The molecule has 0 saturated carbocycles. The smallest absolute Gasteiger partial charge is 0.151 e. The summed E-state index contributed by atoms with van der Waals surface area (Å²) >= 11 is 1.85. The van der Waals surface area contributed by atoms with Gasteiger partial charge in [0.15, 0.2) is 9.84 Å². The van der Waals surface area contributed by atoms with Gasteiger partial charge in [0.25, 0.3) is 0 Å². The minimum absolute atomic E-state index is 0.110. The van der Waals surface area contributed by atoms with Crippen molar-refractivity contribution in [2.45, 2.75) is 5.75 Å². The van der Waals surface area contributed by atoms with Crippen molar-refractivity contribution in [1.29, 1.82) is 0 Å². The third-order valence-corrected chi connectivity index (χ3v) is 3.15. The number of hydrogen-bond donors (Lipinski definition) is 0. The maximum atomic E-state index is 13.0. The molecule has 1 aromatic rings. The molecule has 0 N–H and O–H groups in total. The molecule has 5 heteroatoms. The van der Waals surface area contributed by atoms with Crippen molar-refractivity contribution in [2.24, 2.45) is 0 Å². The topological polar surface area (TPSA) is 34.1 Å². The Balaban J connectivity index is 2.99. The number of rotatable bonds is 2. The van der Waals surface area contributed by atoms with Gasteiger partial charge in [-0.3, -0.25) is 0 Å². The summed E-state index contributed by atoms with van der Waals surface area (Å²) < 4.78 is 35.2. The Labute approximate surface area is 90.2 Å². The lowest BCUT2D eigenvalue weighted by molar-refractivity contribution is 0.600. The van der Waals surface area contributed by atoms with Gasteiger partial charge in [-0.15, -0.1) is 0 Å². The molecule has 2 nitrogen and oxygen atoms in total. The monoisotopic (exact) mass is 314 g/mol. The Morgan fingerprint density at radius 1 is 1.46 bits per heavy atom. The summed E-state index contributed by atoms with van der Waals surface area (Å²) in [5.74, 6) is -0.484. The molecule has 0 amide bonds. The van der Waals surface area contributed by atoms with E-state index in [1.54, 1.807) is 12.1 Å². The minimum Gasteiger partial charge on any atom is -0.229 e. The molecule has 0 fully saturated rings. The van der Waals surface area contributed by atoms with Crippen LogP contribution in [0.1, 0.15) is 5.56 Å². The minimum atomic E-state index is -3.08. The van der Waals surface area contributed by atoms with E-state index in [2.05, 4.69) is 0 Å². The number of sulfone groups is 1. The highest BCUT2D eigenvalue weighted by atomic mass is 127. The second-order valence-electron chi connectivity index (χ2n) is 2.82. The van der Waals surface area contributed by atoms with Crippen LogP contribution >= 0.6 is 22.6 Å². The van der Waals surface area contributed by atoms with Gasteiger partial charge >= 0.3 is 0 Å². The molecule has 0 heterocycles. The van der Waals surface area contributed by atoms with Gasteiger partial charge in [0.1, 0.15) is 5.82 Å². The van der Waals surface area contributed by atoms with Crippen LogP contribution in [0.5, 0.6) is 0 Å². The highest BCUT2D eigenvalue weighted by Gasteiger charge is 2.06. The fourth-order valence-electron chi connectivity index (χ4n) is 0.932. The van der Waals surface area contributed by atoms with Crippen molar-refractivity contribution in [3.8, 4) is 0 Å². The molecular weight excluding hydrogens is 306 g/mol. The Hall–Kier alpha value is -0.170. The lowest BCUT2D eigenvalue weighted by Crippen LogP contribution is -2.01. The summed E-state index contributed by atoms with van der Waals surface area (Å²) in [6.07, 6.45) is 1.13. The number of hydrogen-bond acceptors (Lipinski definition) is 2. The van der Waals surface area contributed by atoms with E-state index < -0.39 is 9.84 Å². The van der Waals surface area contributed by atoms with E-state index in [0.29, 0.717) is 9.13 Å². The molecule has 13 heavy (non-hydrogen) atoms. The maximum absolute atomic E-state index is 13.0. The maximum Gasteiger partial charge on any atom is 0.151 e. The van der Waals surface area contributed by atoms with Crippen LogP contribution in [0.4, 0.5) is 4.39 Å². The highest BCUT2D eigenvalue weighted by Crippen LogP contribution is 2.14. The summed E-state index contributed by atoms with van der Waals surface area (Å²) in [6.45, 7) is 0. The van der Waals surface area contributed by atoms with Crippen LogP contribution in [-0.2, 0) is 15.6 Å². The first-order chi connectivity index (χ1) is 5.88. The molecule has 0 aliphatic rings. The van der Waals surface area contributed by atoms with Crippen LogP contribution in [0.25, 0.3) is 0 Å². The molecule has 1 rings (SSSR count). The molecule has 0 atom stereocenters. The summed E-state index contributed by atoms with van der Waals surface area (Å²) in [7, 11) is -3.08. The van der Waals surface area contributed by atoms with Gasteiger partial charge in [-0.05, 0) is 40.3 Å². The second kappa shape index (κ2) is 3.91. The van der Waals surface area contributed by atoms with Gasteiger partial charge < -0.3 is 0 Å². The zero-order valence-electron chi connectivity index (χ0n) is 6.92. The Kier molecular flexibility index (Phi) is 3.28. The molecule has 0 aliphatic carbocycles. The average Bonchev–Trinajstić information content (AvgIpc) is 1.94. The standard InChI is InChI=1S/C8H8FIO2S/c1-13(11,12)5-6-2-3-8(10)7(9)4-6/h2-4H,5H2,1H3. The van der Waals surface area contributed by atoms with Crippen LogP contribution in [0.15, 0.2) is 18.2 Å². The van der Waals surface area contributed by atoms with Crippen molar-refractivity contribution in [3.63, 3.8) is 0 Å². The van der Waals surface area contributed by atoms with Gasteiger partial charge in [-0.1, -0.05) is 6.07 Å². The number of benzene rings is 1. The lowest BCUT2D eigenvalue weighted by atomic mass is 10.2. The van der Waals surface area contributed by atoms with Crippen LogP contribution in [0.3, 0.4) is 0 Å². The number of halogens is 2. The normalized spacial score (nSPS) is 11.6. The molecular formula is C8H8FIO2S. The Bertz CT molecular complexity index is 414. The van der Waals surface area contributed by atoms with E-state index in [0.717, 1.165) is 6.26 Å². The van der Waals surface area contributed by atoms with Crippen LogP contribution in [0, 0.1) is 9.39 Å². The van der Waals surface area contributed by atoms with Crippen molar-refractivity contribution in [3.05, 3.63) is 33.1 Å². The first-order valence-electron chi connectivity index (χ1n) is 3.50. The molecule has 0 aromatic heterocycles. The Morgan fingerprint density at radius 3 is 2.54 bits per heavy atom. The third-order valence-electron chi connectivity index (χ3n) is 1.41. The molecule has 0 bridgehead atoms. The quantitative estimate of drug-likeness (QED) is 0.782. The third kappa shape index (κ3) is 3.60. The summed E-state index contributed by atoms with van der Waals surface area (Å²) in [5, 5.41) is 0. The molecule has 0 radical (unpaired) electrons. The van der Waals surface area contributed by atoms with Crippen LogP contribution in [0.2, 0.25) is 0 Å². The molecule has 72 valence electrons. The Morgan fingerprint density at radius 2 is 2.08 bits per heavy atom. The first-order valence-corrected chi connectivity index (χ1v) is 6.64. The van der Waals surface area contributed by atoms with Gasteiger partial charge in [0, 0.05) is 9.83 Å². The first kappa shape index (κ1) is 10.9. The van der Waals surface area contributed by atoms with Gasteiger partial charge in [0.05, 0.1) is 5.75 Å². The van der Waals surface area contributed by atoms with Gasteiger partial charge in [-0.25, -0.2) is 12.8 Å². The fourth-order valence-corrected chi connectivity index (χ4v) is 2.05. The van der Waals surface area contributed by atoms with Crippen molar-refractivity contribution in [1.82, 2.24) is 0 Å². The van der Waals surface area contributed by atoms with E-state index in [9.17, 15) is 12.8 Å². The summed E-state index contributed by atoms with van der Waals surface area (Å²) in [5.41, 5.74) is 0.486. The highest BCUT2D eigenvalue weighted by molar-refractivity contribution is 14.1. The molecule has 1 aromatic carbocycles.